The van der Waals surface area contributed by atoms with Gasteiger partial charge >= 0.3 is 5.97 Å². The Hall–Kier alpha value is -1.75. The molecule has 0 saturated carbocycles. The second-order valence-electron chi connectivity index (χ2n) is 8.82. The van der Waals surface area contributed by atoms with Gasteiger partial charge in [0, 0.05) is 31.7 Å². The minimum atomic E-state index is -0.538. The SMILES string of the molecule is CCOC(=O)C(C)(C)CCOc1ccccc1N1CCN(C(C)(C)C)CC1. The van der Waals surface area contributed by atoms with Crippen LogP contribution in [0.25, 0.3) is 0 Å². The van der Waals surface area contributed by atoms with E-state index in [0.29, 0.717) is 19.6 Å². The number of benzene rings is 1. The van der Waals surface area contributed by atoms with Crippen molar-refractivity contribution in [3.8, 4) is 5.75 Å². The number of carbonyl (C=O) groups is 1. The van der Waals surface area contributed by atoms with Gasteiger partial charge in [0.05, 0.1) is 24.3 Å². The van der Waals surface area contributed by atoms with E-state index in [1.54, 1.807) is 0 Å². The predicted molar refractivity (Wildman–Crippen MR) is 111 cm³/mol. The number of ether oxygens (including phenoxy) is 2. The first kappa shape index (κ1) is 21.5. The average Bonchev–Trinajstić information content (AvgIpc) is 2.61. The van der Waals surface area contributed by atoms with Crippen LogP contribution >= 0.6 is 0 Å². The molecule has 1 aromatic carbocycles. The lowest BCUT2D eigenvalue weighted by Crippen LogP contribution is -2.53. The van der Waals surface area contributed by atoms with Crippen LogP contribution in [0.2, 0.25) is 0 Å². The Bertz CT molecular complexity index is 614. The summed E-state index contributed by atoms with van der Waals surface area (Å²) in [5.74, 6) is 0.724. The number of anilines is 1. The van der Waals surface area contributed by atoms with Gasteiger partial charge in [-0.25, -0.2) is 0 Å². The largest absolute Gasteiger partial charge is 0.491 e. The molecule has 0 unspecified atom stereocenters. The van der Waals surface area contributed by atoms with Crippen molar-refractivity contribution in [1.29, 1.82) is 0 Å². The van der Waals surface area contributed by atoms with Gasteiger partial charge in [-0.2, -0.15) is 0 Å². The van der Waals surface area contributed by atoms with Crippen LogP contribution in [0.3, 0.4) is 0 Å². The number of rotatable bonds is 7. The molecule has 27 heavy (non-hydrogen) atoms. The van der Waals surface area contributed by atoms with Crippen molar-refractivity contribution < 1.29 is 14.3 Å². The molecule has 0 atom stereocenters. The number of piperazine rings is 1. The highest BCUT2D eigenvalue weighted by Crippen LogP contribution is 2.31. The minimum Gasteiger partial charge on any atom is -0.491 e. The molecule has 1 saturated heterocycles. The molecular formula is C22H36N2O3. The van der Waals surface area contributed by atoms with Gasteiger partial charge in [-0.05, 0) is 60.1 Å². The lowest BCUT2D eigenvalue weighted by molar-refractivity contribution is -0.154. The third-order valence-electron chi connectivity index (χ3n) is 5.25. The third kappa shape index (κ3) is 5.86. The number of hydrogen-bond donors (Lipinski definition) is 0. The fourth-order valence-corrected chi connectivity index (χ4v) is 3.30. The highest BCUT2D eigenvalue weighted by Gasteiger charge is 2.30. The van der Waals surface area contributed by atoms with Gasteiger partial charge in [0.1, 0.15) is 5.75 Å². The molecule has 0 aromatic heterocycles. The van der Waals surface area contributed by atoms with Gasteiger partial charge in [-0.3, -0.25) is 9.69 Å². The quantitative estimate of drug-likeness (QED) is 0.674. The van der Waals surface area contributed by atoms with E-state index in [0.717, 1.165) is 37.6 Å². The van der Waals surface area contributed by atoms with Gasteiger partial charge in [0.25, 0.3) is 0 Å². The molecule has 5 heteroatoms. The lowest BCUT2D eigenvalue weighted by Gasteiger charge is -2.43. The summed E-state index contributed by atoms with van der Waals surface area (Å²) in [6.45, 7) is 17.4. The first-order valence-corrected chi connectivity index (χ1v) is 10.0. The first-order valence-electron chi connectivity index (χ1n) is 10.0. The normalized spacial score (nSPS) is 16.3. The van der Waals surface area contributed by atoms with Crippen molar-refractivity contribution in [2.75, 3.05) is 44.3 Å². The summed E-state index contributed by atoms with van der Waals surface area (Å²) < 4.78 is 11.2. The van der Waals surface area contributed by atoms with Crippen molar-refractivity contribution >= 4 is 11.7 Å². The standard InChI is InChI=1S/C22H36N2O3/c1-7-26-20(25)22(5,6)12-17-27-19-11-9-8-10-18(19)23-13-15-24(16-14-23)21(2,3)4/h8-11H,7,12-17H2,1-6H3. The average molecular weight is 377 g/mol. The van der Waals surface area contributed by atoms with Gasteiger partial charge in [0.2, 0.25) is 0 Å². The second-order valence-corrected chi connectivity index (χ2v) is 8.82. The monoisotopic (exact) mass is 376 g/mol. The maximum absolute atomic E-state index is 12.0. The summed E-state index contributed by atoms with van der Waals surface area (Å²) in [6, 6.07) is 8.20. The molecule has 1 aliphatic heterocycles. The highest BCUT2D eigenvalue weighted by molar-refractivity contribution is 5.75. The van der Waals surface area contributed by atoms with Crippen molar-refractivity contribution in [3.63, 3.8) is 0 Å². The van der Waals surface area contributed by atoms with Crippen LogP contribution in [0.1, 0.15) is 48.0 Å². The van der Waals surface area contributed by atoms with Crippen LogP contribution in [0.4, 0.5) is 5.69 Å². The molecule has 0 bridgehead atoms. The van der Waals surface area contributed by atoms with Crippen LogP contribution in [0.15, 0.2) is 24.3 Å². The smallest absolute Gasteiger partial charge is 0.311 e. The van der Waals surface area contributed by atoms with E-state index in [-0.39, 0.29) is 11.5 Å². The van der Waals surface area contributed by atoms with E-state index in [4.69, 9.17) is 9.47 Å². The zero-order chi connectivity index (χ0) is 20.1. The van der Waals surface area contributed by atoms with E-state index in [1.807, 2.05) is 32.9 Å². The van der Waals surface area contributed by atoms with Crippen molar-refractivity contribution in [3.05, 3.63) is 24.3 Å². The number of nitrogens with zero attached hydrogens (tertiary/aromatic N) is 2. The molecule has 0 N–H and O–H groups in total. The summed E-state index contributed by atoms with van der Waals surface area (Å²) in [6.07, 6.45) is 0.623. The molecule has 1 aliphatic rings. The van der Waals surface area contributed by atoms with Crippen LogP contribution in [-0.4, -0.2) is 55.8 Å². The molecule has 0 spiro atoms. The summed E-state index contributed by atoms with van der Waals surface area (Å²) in [5.41, 5.74) is 0.810. The van der Waals surface area contributed by atoms with Gasteiger partial charge < -0.3 is 14.4 Å². The molecule has 1 fully saturated rings. The molecule has 1 aromatic rings. The third-order valence-corrected chi connectivity index (χ3v) is 5.25. The van der Waals surface area contributed by atoms with Crippen LogP contribution in [-0.2, 0) is 9.53 Å². The summed E-state index contributed by atoms with van der Waals surface area (Å²) in [5, 5.41) is 0. The fourth-order valence-electron chi connectivity index (χ4n) is 3.30. The Morgan fingerprint density at radius 3 is 2.26 bits per heavy atom. The van der Waals surface area contributed by atoms with E-state index in [1.165, 1.54) is 0 Å². The molecule has 2 rings (SSSR count). The molecule has 152 valence electrons. The second kappa shape index (κ2) is 8.96. The minimum absolute atomic E-state index is 0.166. The van der Waals surface area contributed by atoms with Crippen LogP contribution in [0, 0.1) is 5.41 Å². The van der Waals surface area contributed by atoms with E-state index >= 15 is 0 Å². The Kier molecular flexibility index (Phi) is 7.15. The number of para-hydroxylation sites is 2. The maximum atomic E-state index is 12.0. The predicted octanol–water partition coefficient (Wildman–Crippen LogP) is 3.97. The molecule has 0 amide bonds. The Balaban J connectivity index is 1.96. The van der Waals surface area contributed by atoms with Gasteiger partial charge in [-0.1, -0.05) is 12.1 Å². The molecule has 0 aliphatic carbocycles. The fraction of sp³-hybridized carbons (Fsp3) is 0.682. The van der Waals surface area contributed by atoms with E-state index < -0.39 is 5.41 Å². The van der Waals surface area contributed by atoms with Gasteiger partial charge in [0.15, 0.2) is 0 Å². The van der Waals surface area contributed by atoms with E-state index in [2.05, 4.69) is 42.7 Å². The van der Waals surface area contributed by atoms with Crippen LogP contribution in [0.5, 0.6) is 5.75 Å². The number of carbonyl (C=O) groups excluding carboxylic acids is 1. The number of esters is 1. The molecule has 0 radical (unpaired) electrons. The number of hydrogen-bond acceptors (Lipinski definition) is 5. The first-order chi connectivity index (χ1) is 12.6. The summed E-state index contributed by atoms with van der Waals surface area (Å²) in [7, 11) is 0. The molecule has 5 nitrogen and oxygen atoms in total. The summed E-state index contributed by atoms with van der Waals surface area (Å²) >= 11 is 0. The van der Waals surface area contributed by atoms with Crippen LogP contribution < -0.4 is 9.64 Å². The van der Waals surface area contributed by atoms with Crippen molar-refractivity contribution in [1.82, 2.24) is 4.90 Å². The molecule has 1 heterocycles. The Morgan fingerprint density at radius 1 is 1.04 bits per heavy atom. The zero-order valence-corrected chi connectivity index (χ0v) is 17.9. The topological polar surface area (TPSA) is 42.0 Å². The van der Waals surface area contributed by atoms with E-state index in [9.17, 15) is 4.79 Å². The maximum Gasteiger partial charge on any atom is 0.311 e. The molecular weight excluding hydrogens is 340 g/mol. The Morgan fingerprint density at radius 2 is 1.67 bits per heavy atom. The zero-order valence-electron chi connectivity index (χ0n) is 17.9. The Labute approximate surface area is 164 Å². The van der Waals surface area contributed by atoms with Crippen molar-refractivity contribution in [2.45, 2.75) is 53.5 Å². The lowest BCUT2D eigenvalue weighted by atomic mass is 9.90. The highest BCUT2D eigenvalue weighted by atomic mass is 16.5. The van der Waals surface area contributed by atoms with Gasteiger partial charge in [-0.15, -0.1) is 0 Å². The van der Waals surface area contributed by atoms with Crippen molar-refractivity contribution in [2.24, 2.45) is 5.41 Å². The summed E-state index contributed by atoms with van der Waals surface area (Å²) in [4.78, 5) is 17.0.